The van der Waals surface area contributed by atoms with E-state index in [1.807, 2.05) is 4.90 Å². The first kappa shape index (κ1) is 35.0. The maximum absolute atomic E-state index is 13.2. The second kappa shape index (κ2) is 13.8. The fraction of sp³-hybridized carbons (Fsp3) is 0.500. The zero-order valence-electron chi connectivity index (χ0n) is 27.4. The number of pyridine rings is 2. The van der Waals surface area contributed by atoms with Crippen LogP contribution in [-0.2, 0) is 28.0 Å². The number of ether oxygens (including phenoxy) is 2. The molecule has 1 aliphatic carbocycles. The lowest BCUT2D eigenvalue weighted by atomic mass is 9.93. The number of hydrogen-bond donors (Lipinski definition) is 1. The van der Waals surface area contributed by atoms with E-state index in [9.17, 15) is 31.7 Å². The van der Waals surface area contributed by atoms with E-state index in [0.717, 1.165) is 10.6 Å². The van der Waals surface area contributed by atoms with Crippen LogP contribution in [0.5, 0.6) is 5.88 Å². The lowest BCUT2D eigenvalue weighted by molar-refractivity contribution is -0.396. The molecule has 2 aliphatic rings. The van der Waals surface area contributed by atoms with E-state index < -0.39 is 38.8 Å². The van der Waals surface area contributed by atoms with Crippen molar-refractivity contribution in [2.24, 2.45) is 7.05 Å². The largest absolute Gasteiger partial charge is 0.474 e. The van der Waals surface area contributed by atoms with E-state index in [4.69, 9.17) is 14.5 Å². The summed E-state index contributed by atoms with van der Waals surface area (Å²) in [6.07, 6.45) is 2.99. The fourth-order valence-corrected chi connectivity index (χ4v) is 7.46. The number of imidazole rings is 1. The van der Waals surface area contributed by atoms with Crippen LogP contribution < -0.4 is 19.3 Å². The Balaban J connectivity index is 1.29. The zero-order chi connectivity index (χ0) is 35.8. The lowest BCUT2D eigenvalue weighted by Crippen LogP contribution is -2.37. The van der Waals surface area contributed by atoms with Gasteiger partial charge in [-0.1, -0.05) is 4.98 Å². The number of fused-ring (bicyclic) bond motifs is 1. The molecule has 1 atom stereocenters. The summed E-state index contributed by atoms with van der Waals surface area (Å²) in [6, 6.07) is 2.37. The third-order valence-corrected chi connectivity index (χ3v) is 9.98. The molecular weight excluding hydrogens is 685 g/mol. The molecule has 4 aromatic rings. The molecular formula is C30H35F3N10O6S. The minimum absolute atomic E-state index is 0.0408. The maximum atomic E-state index is 13.2. The number of halogens is 3. The van der Waals surface area contributed by atoms with E-state index in [2.05, 4.69) is 25.3 Å². The molecule has 1 aliphatic heterocycles. The van der Waals surface area contributed by atoms with Crippen molar-refractivity contribution < 1.29 is 36.0 Å². The Morgan fingerprint density at radius 2 is 1.80 bits per heavy atom. The normalized spacial score (nSPS) is 19.3. The topological polar surface area (TPSA) is 184 Å². The standard InChI is InChI=1S/C30H35F3N10O6S/c1-18(24-15-36-29(40(24)2)43(44)45)42(50(3,46)47)20-12-22-23(35-14-20)13-27(41-8-10-48-11-9-41)39-28(22)49-21-6-4-19(5-7-21)37-26-17-34-16-25(38-26)30(31,32)33/h12-19,21H,4-11H2,1-3H3,(H,37,38). The zero-order valence-corrected chi connectivity index (χ0v) is 28.2. The molecule has 5 heterocycles. The summed E-state index contributed by atoms with van der Waals surface area (Å²) in [5.41, 5.74) is -0.0785. The smallest absolute Gasteiger partial charge is 0.434 e. The number of aromatic nitrogens is 6. The van der Waals surface area contributed by atoms with Gasteiger partial charge in [0.15, 0.2) is 5.69 Å². The third kappa shape index (κ3) is 7.49. The first-order valence-corrected chi connectivity index (χ1v) is 17.6. The number of alkyl halides is 3. The Hall–Kier alpha value is -4.85. The molecule has 0 aromatic carbocycles. The predicted octanol–water partition coefficient (Wildman–Crippen LogP) is 4.25. The number of rotatable bonds is 10. The van der Waals surface area contributed by atoms with Crippen LogP contribution in [-0.4, -0.2) is 87.5 Å². The van der Waals surface area contributed by atoms with Gasteiger partial charge in [-0.3, -0.25) is 14.3 Å². The van der Waals surface area contributed by atoms with E-state index in [-0.39, 0.29) is 29.5 Å². The first-order chi connectivity index (χ1) is 23.7. The molecule has 268 valence electrons. The van der Waals surface area contributed by atoms with Gasteiger partial charge in [0, 0.05) is 25.2 Å². The molecule has 1 N–H and O–H groups in total. The van der Waals surface area contributed by atoms with E-state index in [0.29, 0.717) is 80.6 Å². The quantitative estimate of drug-likeness (QED) is 0.181. The molecule has 1 saturated heterocycles. The molecule has 20 heteroatoms. The minimum Gasteiger partial charge on any atom is -0.474 e. The molecule has 6 rings (SSSR count). The van der Waals surface area contributed by atoms with E-state index in [1.165, 1.54) is 30.2 Å². The Labute approximate surface area is 284 Å². The van der Waals surface area contributed by atoms with Gasteiger partial charge in [-0.05, 0) is 43.6 Å². The van der Waals surface area contributed by atoms with Gasteiger partial charge in [-0.2, -0.15) is 18.2 Å². The molecule has 16 nitrogen and oxygen atoms in total. The molecule has 0 spiro atoms. The molecule has 0 bridgehead atoms. The second-order valence-electron chi connectivity index (χ2n) is 12.2. The lowest BCUT2D eigenvalue weighted by Gasteiger charge is -2.31. The molecule has 4 aromatic heterocycles. The number of sulfonamides is 1. The van der Waals surface area contributed by atoms with Crippen molar-refractivity contribution in [3.63, 3.8) is 0 Å². The van der Waals surface area contributed by atoms with Crippen molar-refractivity contribution in [3.05, 3.63) is 58.4 Å². The number of anilines is 3. The van der Waals surface area contributed by atoms with Crippen molar-refractivity contribution in [3.8, 4) is 5.88 Å². The summed E-state index contributed by atoms with van der Waals surface area (Å²) in [6.45, 7) is 3.83. The average Bonchev–Trinajstić information content (AvgIpc) is 3.47. The Morgan fingerprint density at radius 3 is 2.44 bits per heavy atom. The summed E-state index contributed by atoms with van der Waals surface area (Å²) in [5, 5.41) is 14.9. The molecule has 0 radical (unpaired) electrons. The summed E-state index contributed by atoms with van der Waals surface area (Å²) < 4.78 is 80.2. The van der Waals surface area contributed by atoms with Crippen molar-refractivity contribution in [1.82, 2.24) is 29.5 Å². The highest BCUT2D eigenvalue weighted by Crippen LogP contribution is 2.37. The Kier molecular flexibility index (Phi) is 9.67. The average molecular weight is 721 g/mol. The SMILES string of the molecule is CC(c1cnc([N+](=O)[O-])n1C)N(c1cnc2cc(N3CCOCC3)nc(OC3CCC(Nc4cncc(C(F)(F)F)n4)CC3)c2c1)S(C)(=O)=O. The number of nitrogens with zero attached hydrogens (tertiary/aromatic N) is 9. The van der Waals surface area contributed by atoms with Crippen LogP contribution >= 0.6 is 0 Å². The molecule has 1 unspecified atom stereocenters. The van der Waals surface area contributed by atoms with Crippen LogP contribution in [0.1, 0.15) is 50.0 Å². The predicted molar refractivity (Wildman–Crippen MR) is 175 cm³/mol. The highest BCUT2D eigenvalue weighted by atomic mass is 32.2. The monoisotopic (exact) mass is 720 g/mol. The van der Waals surface area contributed by atoms with Gasteiger partial charge in [0.25, 0.3) is 0 Å². The summed E-state index contributed by atoms with van der Waals surface area (Å²) in [4.78, 5) is 33.5. The molecule has 1 saturated carbocycles. The van der Waals surface area contributed by atoms with Gasteiger partial charge >= 0.3 is 12.1 Å². The van der Waals surface area contributed by atoms with Gasteiger partial charge in [0.2, 0.25) is 15.9 Å². The van der Waals surface area contributed by atoms with Crippen LogP contribution in [0.2, 0.25) is 0 Å². The van der Waals surface area contributed by atoms with Gasteiger partial charge in [-0.15, -0.1) is 0 Å². The summed E-state index contributed by atoms with van der Waals surface area (Å²) in [5.74, 6) is 0.472. The summed E-state index contributed by atoms with van der Waals surface area (Å²) in [7, 11) is -2.51. The van der Waals surface area contributed by atoms with Gasteiger partial charge < -0.3 is 29.8 Å². The first-order valence-electron chi connectivity index (χ1n) is 15.8. The van der Waals surface area contributed by atoms with E-state index in [1.54, 1.807) is 19.1 Å². The van der Waals surface area contributed by atoms with Crippen LogP contribution in [0.3, 0.4) is 0 Å². The van der Waals surface area contributed by atoms with E-state index >= 15 is 0 Å². The van der Waals surface area contributed by atoms with Crippen LogP contribution in [0, 0.1) is 10.1 Å². The number of hydrogen-bond acceptors (Lipinski definition) is 13. The third-order valence-electron chi connectivity index (χ3n) is 8.74. The van der Waals surface area contributed by atoms with Crippen LogP contribution in [0.4, 0.5) is 36.4 Å². The Morgan fingerprint density at radius 1 is 1.08 bits per heavy atom. The number of nitrogens with one attached hydrogen (secondary N) is 1. The highest BCUT2D eigenvalue weighted by molar-refractivity contribution is 7.92. The van der Waals surface area contributed by atoms with Gasteiger partial charge in [-0.25, -0.2) is 18.0 Å². The van der Waals surface area contributed by atoms with Crippen LogP contribution in [0.15, 0.2) is 36.9 Å². The fourth-order valence-electron chi connectivity index (χ4n) is 6.29. The van der Waals surface area contributed by atoms with Crippen molar-refractivity contribution in [2.45, 2.75) is 57.0 Å². The highest BCUT2D eigenvalue weighted by Gasteiger charge is 2.34. The molecule has 2 fully saturated rings. The molecule has 50 heavy (non-hydrogen) atoms. The molecule has 0 amide bonds. The van der Waals surface area contributed by atoms with Crippen molar-refractivity contribution in [1.29, 1.82) is 0 Å². The number of morpholine rings is 1. The maximum Gasteiger partial charge on any atom is 0.434 e. The summed E-state index contributed by atoms with van der Waals surface area (Å²) >= 11 is 0. The number of nitro groups is 1. The van der Waals surface area contributed by atoms with Gasteiger partial charge in [0.05, 0.1) is 67.7 Å². The second-order valence-corrected chi connectivity index (χ2v) is 14.1. The van der Waals surface area contributed by atoms with Crippen LogP contribution in [0.25, 0.3) is 10.9 Å². The Bertz CT molecular complexity index is 1980. The van der Waals surface area contributed by atoms with Gasteiger partial charge in [0.1, 0.15) is 29.6 Å². The van der Waals surface area contributed by atoms with Crippen molar-refractivity contribution in [2.75, 3.05) is 47.1 Å². The minimum atomic E-state index is -4.61. The van der Waals surface area contributed by atoms with Crippen molar-refractivity contribution >= 4 is 44.2 Å².